The van der Waals surface area contributed by atoms with Crippen LogP contribution in [-0.4, -0.2) is 25.9 Å². The van der Waals surface area contributed by atoms with Gasteiger partial charge in [0, 0.05) is 24.7 Å². The Bertz CT molecular complexity index is 523. The number of nitrogens with zero attached hydrogens (tertiary/aromatic N) is 1. The van der Waals surface area contributed by atoms with Crippen LogP contribution in [0.2, 0.25) is 0 Å². The molecule has 1 rings (SSSR count). The van der Waals surface area contributed by atoms with E-state index < -0.39 is 14.9 Å². The van der Waals surface area contributed by atoms with Gasteiger partial charge in [0.25, 0.3) is 5.69 Å². The molecule has 0 radical (unpaired) electrons. The van der Waals surface area contributed by atoms with Crippen LogP contribution in [-0.2, 0) is 15.8 Å². The summed E-state index contributed by atoms with van der Waals surface area (Å²) in [5.74, 6) is -0.221. The fourth-order valence-corrected chi connectivity index (χ4v) is 3.01. The van der Waals surface area contributed by atoms with Crippen LogP contribution in [0.15, 0.2) is 24.3 Å². The van der Waals surface area contributed by atoms with E-state index in [0.29, 0.717) is 12.0 Å². The zero-order chi connectivity index (χ0) is 14.5. The highest BCUT2D eigenvalue weighted by atomic mass is 32.2. The Kier molecular flexibility index (Phi) is 5.40. The first-order chi connectivity index (χ1) is 8.88. The first kappa shape index (κ1) is 15.5. The summed E-state index contributed by atoms with van der Waals surface area (Å²) < 4.78 is 26.2. The lowest BCUT2D eigenvalue weighted by atomic mass is 10.2. The molecule has 7 nitrogen and oxygen atoms in total. The summed E-state index contributed by atoms with van der Waals surface area (Å²) in [4.78, 5) is 9.95. The molecule has 0 saturated heterocycles. The molecule has 0 amide bonds. The van der Waals surface area contributed by atoms with E-state index in [9.17, 15) is 18.5 Å². The van der Waals surface area contributed by atoms with Gasteiger partial charge in [-0.2, -0.15) is 0 Å². The minimum atomic E-state index is -3.49. The minimum Gasteiger partial charge on any atom is -0.329 e. The Balaban J connectivity index is 2.75. The van der Waals surface area contributed by atoms with E-state index in [2.05, 4.69) is 4.72 Å². The number of hydrogen-bond donors (Lipinski definition) is 2. The summed E-state index contributed by atoms with van der Waals surface area (Å²) in [6, 6.07) is 5.14. The molecule has 0 heterocycles. The summed E-state index contributed by atoms with van der Waals surface area (Å²) in [5, 5.41) is 10.5. The molecule has 8 heteroatoms. The van der Waals surface area contributed by atoms with Crippen LogP contribution in [0.25, 0.3) is 0 Å². The van der Waals surface area contributed by atoms with Gasteiger partial charge in [-0.3, -0.25) is 10.1 Å². The number of rotatable bonds is 7. The lowest BCUT2D eigenvalue weighted by Gasteiger charge is -2.14. The third-order valence-corrected chi connectivity index (χ3v) is 4.03. The van der Waals surface area contributed by atoms with E-state index in [-0.39, 0.29) is 24.0 Å². The van der Waals surface area contributed by atoms with E-state index in [1.165, 1.54) is 24.3 Å². The topological polar surface area (TPSA) is 115 Å². The van der Waals surface area contributed by atoms with Crippen molar-refractivity contribution in [2.75, 3.05) is 6.54 Å². The van der Waals surface area contributed by atoms with Gasteiger partial charge in [-0.25, -0.2) is 13.1 Å². The van der Waals surface area contributed by atoms with Gasteiger partial charge < -0.3 is 5.73 Å². The molecule has 1 aromatic carbocycles. The van der Waals surface area contributed by atoms with Crippen molar-refractivity contribution >= 4 is 15.7 Å². The third-order valence-electron chi connectivity index (χ3n) is 2.63. The first-order valence-electron chi connectivity index (χ1n) is 5.81. The number of nitrogens with two attached hydrogens (primary N) is 1. The molecule has 3 N–H and O–H groups in total. The van der Waals surface area contributed by atoms with Gasteiger partial charge in [0.1, 0.15) is 0 Å². The van der Waals surface area contributed by atoms with Crippen LogP contribution in [0, 0.1) is 10.1 Å². The van der Waals surface area contributed by atoms with Crippen LogP contribution in [0.1, 0.15) is 18.9 Å². The Morgan fingerprint density at radius 3 is 2.37 bits per heavy atom. The Hall–Kier alpha value is -1.51. The lowest BCUT2D eigenvalue weighted by molar-refractivity contribution is -0.384. The van der Waals surface area contributed by atoms with Crippen molar-refractivity contribution in [3.05, 3.63) is 39.9 Å². The number of benzene rings is 1. The predicted octanol–water partition coefficient (Wildman–Crippen LogP) is 0.752. The second-order valence-corrected chi connectivity index (χ2v) is 5.90. The Labute approximate surface area is 112 Å². The molecule has 0 fully saturated rings. The molecular formula is C11H17N3O4S. The van der Waals surface area contributed by atoms with E-state index >= 15 is 0 Å². The molecule has 0 spiro atoms. The summed E-state index contributed by atoms with van der Waals surface area (Å²) in [6.45, 7) is 2.07. The minimum absolute atomic E-state index is 0.0671. The quantitative estimate of drug-likeness (QED) is 0.567. The monoisotopic (exact) mass is 287 g/mol. The van der Waals surface area contributed by atoms with Gasteiger partial charge in [-0.15, -0.1) is 0 Å². The van der Waals surface area contributed by atoms with Crippen LogP contribution < -0.4 is 10.5 Å². The van der Waals surface area contributed by atoms with Gasteiger partial charge >= 0.3 is 0 Å². The van der Waals surface area contributed by atoms with Crippen molar-refractivity contribution in [2.24, 2.45) is 5.73 Å². The number of nitrogens with one attached hydrogen (secondary N) is 1. The maximum absolute atomic E-state index is 11.8. The third kappa shape index (κ3) is 4.93. The second kappa shape index (κ2) is 6.60. The van der Waals surface area contributed by atoms with Gasteiger partial charge in [0.15, 0.2) is 0 Å². The summed E-state index contributed by atoms with van der Waals surface area (Å²) >= 11 is 0. The number of non-ortho nitro benzene ring substituents is 1. The van der Waals surface area contributed by atoms with Gasteiger partial charge in [0.2, 0.25) is 10.0 Å². The van der Waals surface area contributed by atoms with E-state index in [1.54, 1.807) is 0 Å². The lowest BCUT2D eigenvalue weighted by Crippen LogP contribution is -2.40. The molecule has 19 heavy (non-hydrogen) atoms. The number of hydrogen-bond acceptors (Lipinski definition) is 5. The SMILES string of the molecule is CCC(CN)NS(=O)(=O)Cc1ccc([N+](=O)[O-])cc1. The van der Waals surface area contributed by atoms with Gasteiger partial charge in [-0.1, -0.05) is 19.1 Å². The van der Waals surface area contributed by atoms with Crippen molar-refractivity contribution in [2.45, 2.75) is 25.1 Å². The highest BCUT2D eigenvalue weighted by Crippen LogP contribution is 2.13. The maximum atomic E-state index is 11.8. The number of nitro benzene ring substituents is 1. The van der Waals surface area contributed by atoms with Crippen molar-refractivity contribution in [1.82, 2.24) is 4.72 Å². The standard InChI is InChI=1S/C11H17N3O4S/c1-2-10(7-12)13-19(17,18)8-9-3-5-11(6-4-9)14(15)16/h3-6,10,13H,2,7-8,12H2,1H3. The molecule has 1 aromatic rings. The maximum Gasteiger partial charge on any atom is 0.269 e. The molecule has 0 aromatic heterocycles. The van der Waals surface area contributed by atoms with Crippen molar-refractivity contribution in [3.63, 3.8) is 0 Å². The van der Waals surface area contributed by atoms with E-state index in [0.717, 1.165) is 0 Å². The zero-order valence-corrected chi connectivity index (χ0v) is 11.4. The predicted molar refractivity (Wildman–Crippen MR) is 72.0 cm³/mol. The van der Waals surface area contributed by atoms with E-state index in [4.69, 9.17) is 5.73 Å². The van der Waals surface area contributed by atoms with Crippen molar-refractivity contribution < 1.29 is 13.3 Å². The molecule has 1 unspecified atom stereocenters. The van der Waals surface area contributed by atoms with Crippen LogP contribution in [0.4, 0.5) is 5.69 Å². The fourth-order valence-electron chi connectivity index (χ4n) is 1.53. The van der Waals surface area contributed by atoms with Crippen LogP contribution in [0.5, 0.6) is 0 Å². The van der Waals surface area contributed by atoms with Crippen molar-refractivity contribution in [3.8, 4) is 0 Å². The van der Waals surface area contributed by atoms with Crippen LogP contribution >= 0.6 is 0 Å². The first-order valence-corrected chi connectivity index (χ1v) is 7.46. The summed E-state index contributed by atoms with van der Waals surface area (Å²) in [7, 11) is -3.49. The highest BCUT2D eigenvalue weighted by Gasteiger charge is 2.16. The van der Waals surface area contributed by atoms with Crippen molar-refractivity contribution in [1.29, 1.82) is 0 Å². The normalized spacial score (nSPS) is 13.2. The van der Waals surface area contributed by atoms with Gasteiger partial charge in [-0.05, 0) is 12.0 Å². The molecule has 106 valence electrons. The molecule has 0 aliphatic heterocycles. The van der Waals surface area contributed by atoms with Gasteiger partial charge in [0.05, 0.1) is 10.7 Å². The van der Waals surface area contributed by atoms with Crippen LogP contribution in [0.3, 0.4) is 0 Å². The molecule has 1 atom stereocenters. The number of nitro groups is 1. The zero-order valence-electron chi connectivity index (χ0n) is 10.6. The Morgan fingerprint density at radius 1 is 1.37 bits per heavy atom. The molecule has 0 aliphatic rings. The Morgan fingerprint density at radius 2 is 1.95 bits per heavy atom. The smallest absolute Gasteiger partial charge is 0.269 e. The molecule has 0 bridgehead atoms. The molecule has 0 aliphatic carbocycles. The molecular weight excluding hydrogens is 270 g/mol. The molecule has 0 saturated carbocycles. The number of sulfonamides is 1. The summed E-state index contributed by atoms with van der Waals surface area (Å²) in [5.41, 5.74) is 5.86. The average Bonchev–Trinajstić information content (AvgIpc) is 2.36. The average molecular weight is 287 g/mol. The fraction of sp³-hybridized carbons (Fsp3) is 0.455. The second-order valence-electron chi connectivity index (χ2n) is 4.14. The van der Waals surface area contributed by atoms with E-state index in [1.807, 2.05) is 6.92 Å². The highest BCUT2D eigenvalue weighted by molar-refractivity contribution is 7.88. The largest absolute Gasteiger partial charge is 0.329 e. The summed E-state index contributed by atoms with van der Waals surface area (Å²) in [6.07, 6.45) is 0.607.